The number of carbonyl (C=O) groups excluding carboxylic acids is 1. The molecule has 4 heteroatoms. The highest BCUT2D eigenvalue weighted by molar-refractivity contribution is 5.76. The topological polar surface area (TPSA) is 62.1 Å². The van der Waals surface area contributed by atoms with Crippen molar-refractivity contribution >= 4 is 5.91 Å². The van der Waals surface area contributed by atoms with Crippen molar-refractivity contribution in [3.8, 4) is 0 Å². The van der Waals surface area contributed by atoms with E-state index < -0.39 is 0 Å². The summed E-state index contributed by atoms with van der Waals surface area (Å²) in [6.45, 7) is 1.60. The molecule has 1 fully saturated rings. The first-order chi connectivity index (χ1) is 7.75. The maximum atomic E-state index is 11.9. The molecule has 16 heavy (non-hydrogen) atoms. The number of aromatic nitrogens is 1. The third-order valence-corrected chi connectivity index (χ3v) is 3.10. The number of nitrogens with two attached hydrogens (primary N) is 1. The van der Waals surface area contributed by atoms with Gasteiger partial charge in [0.1, 0.15) is 0 Å². The first-order valence-corrected chi connectivity index (χ1v) is 5.91. The highest BCUT2D eigenvalue weighted by atomic mass is 16.2. The van der Waals surface area contributed by atoms with E-state index in [2.05, 4.69) is 4.98 Å². The van der Waals surface area contributed by atoms with Crippen LogP contribution in [0.5, 0.6) is 0 Å². The van der Waals surface area contributed by atoms with Crippen LogP contribution in [-0.2, 0) is 11.2 Å². The van der Waals surface area contributed by atoms with Crippen LogP contribution in [0.3, 0.4) is 0 Å². The molecule has 1 aliphatic heterocycles. The Kier molecular flexibility index (Phi) is 3.62. The van der Waals surface area contributed by atoms with Gasteiger partial charge in [0.15, 0.2) is 0 Å². The Bertz CT molecular complexity index is 334. The SMILES string of the molecule is NC1CCCN(C(=O)CCc2cc[nH]c2)C1. The molecule has 0 aliphatic carbocycles. The lowest BCUT2D eigenvalue weighted by molar-refractivity contribution is -0.132. The molecule has 1 amide bonds. The Balaban J connectivity index is 1.79. The molecular weight excluding hydrogens is 202 g/mol. The van der Waals surface area contributed by atoms with Crippen molar-refractivity contribution in [1.82, 2.24) is 9.88 Å². The second kappa shape index (κ2) is 5.16. The number of nitrogens with zero attached hydrogens (tertiary/aromatic N) is 1. The maximum absolute atomic E-state index is 11.9. The van der Waals surface area contributed by atoms with Crippen molar-refractivity contribution in [2.24, 2.45) is 5.73 Å². The third-order valence-electron chi connectivity index (χ3n) is 3.10. The van der Waals surface area contributed by atoms with E-state index in [-0.39, 0.29) is 11.9 Å². The number of H-pyrrole nitrogens is 1. The Morgan fingerprint density at radius 3 is 3.19 bits per heavy atom. The van der Waals surface area contributed by atoms with Crippen molar-refractivity contribution in [2.45, 2.75) is 31.7 Å². The Morgan fingerprint density at radius 2 is 2.50 bits per heavy atom. The van der Waals surface area contributed by atoms with Gasteiger partial charge in [0.2, 0.25) is 5.91 Å². The Labute approximate surface area is 95.8 Å². The van der Waals surface area contributed by atoms with Crippen molar-refractivity contribution in [3.63, 3.8) is 0 Å². The summed E-state index contributed by atoms with van der Waals surface area (Å²) < 4.78 is 0. The zero-order chi connectivity index (χ0) is 11.4. The first kappa shape index (κ1) is 11.2. The number of nitrogens with one attached hydrogen (secondary N) is 1. The lowest BCUT2D eigenvalue weighted by atomic mass is 10.1. The van der Waals surface area contributed by atoms with Crippen LogP contribution in [-0.4, -0.2) is 34.9 Å². The number of amides is 1. The summed E-state index contributed by atoms with van der Waals surface area (Å²) in [6, 6.07) is 2.18. The van der Waals surface area contributed by atoms with Gasteiger partial charge >= 0.3 is 0 Å². The van der Waals surface area contributed by atoms with E-state index in [9.17, 15) is 4.79 Å². The smallest absolute Gasteiger partial charge is 0.222 e. The number of hydrogen-bond acceptors (Lipinski definition) is 2. The number of aryl methyl sites for hydroxylation is 1. The van der Waals surface area contributed by atoms with Crippen LogP contribution in [0.25, 0.3) is 0 Å². The van der Waals surface area contributed by atoms with Gasteiger partial charge in [-0.1, -0.05) is 0 Å². The average molecular weight is 221 g/mol. The van der Waals surface area contributed by atoms with E-state index in [1.54, 1.807) is 0 Å². The molecule has 3 N–H and O–H groups in total. The van der Waals surface area contributed by atoms with E-state index >= 15 is 0 Å². The molecule has 0 saturated carbocycles. The summed E-state index contributed by atoms with van der Waals surface area (Å²) in [5.41, 5.74) is 7.04. The Hall–Kier alpha value is -1.29. The van der Waals surface area contributed by atoms with Crippen LogP contribution in [0.2, 0.25) is 0 Å². The fraction of sp³-hybridized carbons (Fsp3) is 0.583. The standard InChI is InChI=1S/C12H19N3O/c13-11-2-1-7-15(9-11)12(16)4-3-10-5-6-14-8-10/h5-6,8,11,14H,1-4,7,9,13H2. The number of piperidine rings is 1. The fourth-order valence-corrected chi connectivity index (χ4v) is 2.16. The lowest BCUT2D eigenvalue weighted by Crippen LogP contribution is -2.45. The summed E-state index contributed by atoms with van der Waals surface area (Å²) in [6.07, 6.45) is 7.31. The summed E-state index contributed by atoms with van der Waals surface area (Å²) in [5, 5.41) is 0. The second-order valence-electron chi connectivity index (χ2n) is 4.46. The zero-order valence-corrected chi connectivity index (χ0v) is 9.48. The number of aromatic amines is 1. The third kappa shape index (κ3) is 2.85. The van der Waals surface area contributed by atoms with Crippen molar-refractivity contribution < 1.29 is 4.79 Å². The van der Waals surface area contributed by atoms with Gasteiger partial charge in [-0.05, 0) is 30.9 Å². The van der Waals surface area contributed by atoms with Crippen LogP contribution in [0.15, 0.2) is 18.5 Å². The molecule has 1 saturated heterocycles. The van der Waals surface area contributed by atoms with Crippen LogP contribution in [0, 0.1) is 0 Å². The summed E-state index contributed by atoms with van der Waals surface area (Å²) in [5.74, 6) is 0.233. The van der Waals surface area contributed by atoms with E-state index in [1.807, 2.05) is 23.4 Å². The largest absolute Gasteiger partial charge is 0.367 e. The maximum Gasteiger partial charge on any atom is 0.222 e. The number of hydrogen-bond donors (Lipinski definition) is 2. The minimum Gasteiger partial charge on any atom is -0.367 e. The van der Waals surface area contributed by atoms with Gasteiger partial charge in [0.25, 0.3) is 0 Å². The van der Waals surface area contributed by atoms with Gasteiger partial charge in [-0.3, -0.25) is 4.79 Å². The van der Waals surface area contributed by atoms with Crippen LogP contribution >= 0.6 is 0 Å². The van der Waals surface area contributed by atoms with Crippen molar-refractivity contribution in [3.05, 3.63) is 24.0 Å². The van der Waals surface area contributed by atoms with E-state index in [0.29, 0.717) is 6.42 Å². The molecule has 2 rings (SSSR count). The monoisotopic (exact) mass is 221 g/mol. The van der Waals surface area contributed by atoms with Crippen molar-refractivity contribution in [1.29, 1.82) is 0 Å². The molecule has 4 nitrogen and oxygen atoms in total. The number of likely N-dealkylation sites (tertiary alicyclic amines) is 1. The molecule has 2 heterocycles. The fourth-order valence-electron chi connectivity index (χ4n) is 2.16. The summed E-state index contributed by atoms with van der Waals surface area (Å²) in [7, 11) is 0. The summed E-state index contributed by atoms with van der Waals surface area (Å²) >= 11 is 0. The van der Waals surface area contributed by atoms with E-state index in [4.69, 9.17) is 5.73 Å². The molecule has 1 unspecified atom stereocenters. The first-order valence-electron chi connectivity index (χ1n) is 5.91. The van der Waals surface area contributed by atoms with Gasteiger partial charge in [-0.2, -0.15) is 0 Å². The van der Waals surface area contributed by atoms with Gasteiger partial charge in [0, 0.05) is 37.9 Å². The van der Waals surface area contributed by atoms with Crippen LogP contribution in [0.4, 0.5) is 0 Å². The summed E-state index contributed by atoms with van der Waals surface area (Å²) in [4.78, 5) is 16.8. The average Bonchev–Trinajstić information content (AvgIpc) is 2.78. The molecule has 1 aromatic rings. The molecule has 1 atom stereocenters. The van der Waals surface area contributed by atoms with Gasteiger partial charge < -0.3 is 15.6 Å². The molecule has 0 spiro atoms. The highest BCUT2D eigenvalue weighted by Gasteiger charge is 2.20. The predicted octanol–water partition coefficient (Wildman–Crippen LogP) is 0.897. The predicted molar refractivity (Wildman–Crippen MR) is 62.9 cm³/mol. The quantitative estimate of drug-likeness (QED) is 0.796. The molecule has 1 aliphatic rings. The van der Waals surface area contributed by atoms with E-state index in [1.165, 1.54) is 5.56 Å². The second-order valence-corrected chi connectivity index (χ2v) is 4.46. The minimum absolute atomic E-state index is 0.171. The van der Waals surface area contributed by atoms with E-state index in [0.717, 1.165) is 32.4 Å². The number of carbonyl (C=O) groups is 1. The van der Waals surface area contributed by atoms with Gasteiger partial charge in [-0.15, -0.1) is 0 Å². The highest BCUT2D eigenvalue weighted by Crippen LogP contribution is 2.11. The normalized spacial score (nSPS) is 21.1. The molecule has 0 aromatic carbocycles. The molecular formula is C12H19N3O. The van der Waals surface area contributed by atoms with Gasteiger partial charge in [-0.25, -0.2) is 0 Å². The van der Waals surface area contributed by atoms with Crippen LogP contribution < -0.4 is 5.73 Å². The lowest BCUT2D eigenvalue weighted by Gasteiger charge is -2.30. The van der Waals surface area contributed by atoms with Crippen LogP contribution in [0.1, 0.15) is 24.8 Å². The Morgan fingerprint density at radius 1 is 1.62 bits per heavy atom. The minimum atomic E-state index is 0.171. The molecule has 0 bridgehead atoms. The van der Waals surface area contributed by atoms with Crippen molar-refractivity contribution in [2.75, 3.05) is 13.1 Å². The zero-order valence-electron chi connectivity index (χ0n) is 9.48. The molecule has 1 aromatic heterocycles. The molecule has 88 valence electrons. The molecule has 0 radical (unpaired) electrons. The van der Waals surface area contributed by atoms with Gasteiger partial charge in [0.05, 0.1) is 0 Å². The number of rotatable bonds is 3.